The Kier molecular flexibility index (Phi) is 5.01. The minimum atomic E-state index is -0.554. The minimum Gasteiger partial charge on any atom is -0.352 e. The number of hydrogen-bond acceptors (Lipinski definition) is 2. The van der Waals surface area contributed by atoms with Crippen LogP contribution in [0.2, 0.25) is 5.02 Å². The SMILES string of the molecule is NC(=O)NCCNCc1ccc(F)cc1Cl. The predicted molar refractivity (Wildman–Crippen MR) is 60.7 cm³/mol. The highest BCUT2D eigenvalue weighted by molar-refractivity contribution is 6.31. The summed E-state index contributed by atoms with van der Waals surface area (Å²) >= 11 is 5.82. The molecule has 0 fully saturated rings. The van der Waals surface area contributed by atoms with Crippen LogP contribution >= 0.6 is 11.6 Å². The third-order valence-electron chi connectivity index (χ3n) is 1.93. The van der Waals surface area contributed by atoms with Crippen LogP contribution in [0.15, 0.2) is 18.2 Å². The van der Waals surface area contributed by atoms with Crippen LogP contribution < -0.4 is 16.4 Å². The van der Waals surface area contributed by atoms with Gasteiger partial charge in [0.2, 0.25) is 0 Å². The highest BCUT2D eigenvalue weighted by Crippen LogP contribution is 2.16. The maximum atomic E-state index is 12.7. The van der Waals surface area contributed by atoms with Gasteiger partial charge in [0, 0.05) is 24.7 Å². The van der Waals surface area contributed by atoms with E-state index >= 15 is 0 Å². The van der Waals surface area contributed by atoms with Crippen molar-refractivity contribution in [2.75, 3.05) is 13.1 Å². The fourth-order valence-electron chi connectivity index (χ4n) is 1.16. The molecule has 6 heteroatoms. The van der Waals surface area contributed by atoms with Gasteiger partial charge in [0.1, 0.15) is 5.82 Å². The molecule has 0 aliphatic heterocycles. The topological polar surface area (TPSA) is 67.2 Å². The molecular weight excluding hydrogens is 233 g/mol. The second-order valence-corrected chi connectivity index (χ2v) is 3.61. The summed E-state index contributed by atoms with van der Waals surface area (Å²) in [7, 11) is 0. The molecule has 4 N–H and O–H groups in total. The summed E-state index contributed by atoms with van der Waals surface area (Å²) < 4.78 is 12.7. The Hall–Kier alpha value is -1.33. The van der Waals surface area contributed by atoms with Crippen LogP contribution in [0.4, 0.5) is 9.18 Å². The first-order valence-electron chi connectivity index (χ1n) is 4.77. The first-order valence-corrected chi connectivity index (χ1v) is 5.15. The molecule has 0 atom stereocenters. The summed E-state index contributed by atoms with van der Waals surface area (Å²) in [6.45, 7) is 1.52. The smallest absolute Gasteiger partial charge is 0.312 e. The lowest BCUT2D eigenvalue weighted by Gasteiger charge is -2.06. The average Bonchev–Trinajstić information content (AvgIpc) is 2.20. The van der Waals surface area contributed by atoms with Crippen molar-refractivity contribution in [3.63, 3.8) is 0 Å². The van der Waals surface area contributed by atoms with E-state index < -0.39 is 6.03 Å². The molecule has 0 bridgehead atoms. The maximum Gasteiger partial charge on any atom is 0.312 e. The van der Waals surface area contributed by atoms with Crippen LogP contribution in [0, 0.1) is 5.82 Å². The van der Waals surface area contributed by atoms with Gasteiger partial charge in [0.05, 0.1) is 0 Å². The lowest BCUT2D eigenvalue weighted by Crippen LogP contribution is -2.35. The molecule has 0 saturated carbocycles. The largest absolute Gasteiger partial charge is 0.352 e. The molecule has 1 aromatic rings. The molecule has 0 heterocycles. The lowest BCUT2D eigenvalue weighted by molar-refractivity contribution is 0.249. The lowest BCUT2D eigenvalue weighted by atomic mass is 10.2. The van der Waals surface area contributed by atoms with E-state index in [-0.39, 0.29) is 5.82 Å². The van der Waals surface area contributed by atoms with Crippen molar-refractivity contribution < 1.29 is 9.18 Å². The van der Waals surface area contributed by atoms with Crippen molar-refractivity contribution in [2.45, 2.75) is 6.54 Å². The highest BCUT2D eigenvalue weighted by Gasteiger charge is 2.01. The van der Waals surface area contributed by atoms with Gasteiger partial charge in [0.15, 0.2) is 0 Å². The van der Waals surface area contributed by atoms with E-state index in [0.717, 1.165) is 5.56 Å². The average molecular weight is 246 g/mol. The number of carbonyl (C=O) groups is 1. The molecule has 88 valence electrons. The normalized spacial score (nSPS) is 10.1. The van der Waals surface area contributed by atoms with Crippen molar-refractivity contribution in [2.24, 2.45) is 5.73 Å². The fraction of sp³-hybridized carbons (Fsp3) is 0.300. The Bertz CT molecular complexity index is 373. The summed E-state index contributed by atoms with van der Waals surface area (Å²) in [5.41, 5.74) is 5.69. The van der Waals surface area contributed by atoms with Gasteiger partial charge in [-0.25, -0.2) is 9.18 Å². The summed E-state index contributed by atoms with van der Waals surface area (Å²) in [6, 6.07) is 3.68. The molecule has 0 unspecified atom stereocenters. The van der Waals surface area contributed by atoms with Crippen LogP contribution in [0.3, 0.4) is 0 Å². The minimum absolute atomic E-state index is 0.357. The summed E-state index contributed by atoms with van der Waals surface area (Å²) in [5, 5.41) is 5.86. The molecule has 0 spiro atoms. The van der Waals surface area contributed by atoms with Gasteiger partial charge in [-0.3, -0.25) is 0 Å². The van der Waals surface area contributed by atoms with Crippen LogP contribution in [0.1, 0.15) is 5.56 Å². The molecule has 4 nitrogen and oxygen atoms in total. The third-order valence-corrected chi connectivity index (χ3v) is 2.28. The quantitative estimate of drug-likeness (QED) is 0.684. The number of halogens is 2. The molecule has 0 aliphatic carbocycles. The Labute approximate surface area is 98.0 Å². The van der Waals surface area contributed by atoms with Crippen molar-refractivity contribution in [1.82, 2.24) is 10.6 Å². The van der Waals surface area contributed by atoms with E-state index in [1.807, 2.05) is 0 Å². The Balaban J connectivity index is 2.29. The zero-order chi connectivity index (χ0) is 12.0. The van der Waals surface area contributed by atoms with Crippen molar-refractivity contribution in [1.29, 1.82) is 0 Å². The highest BCUT2D eigenvalue weighted by atomic mass is 35.5. The number of nitrogens with two attached hydrogens (primary N) is 1. The number of carbonyl (C=O) groups excluding carboxylic acids is 1. The zero-order valence-electron chi connectivity index (χ0n) is 8.59. The van der Waals surface area contributed by atoms with Crippen molar-refractivity contribution in [3.8, 4) is 0 Å². The number of hydrogen-bond donors (Lipinski definition) is 3. The predicted octanol–water partition coefficient (Wildman–Crippen LogP) is 1.24. The number of benzene rings is 1. The van der Waals surface area contributed by atoms with Gasteiger partial charge in [-0.15, -0.1) is 0 Å². The van der Waals surface area contributed by atoms with E-state index in [4.69, 9.17) is 17.3 Å². The molecule has 0 saturated heterocycles. The fourth-order valence-corrected chi connectivity index (χ4v) is 1.40. The van der Waals surface area contributed by atoms with E-state index in [1.165, 1.54) is 12.1 Å². The molecule has 16 heavy (non-hydrogen) atoms. The summed E-state index contributed by atoms with van der Waals surface area (Å²) in [6.07, 6.45) is 0. The van der Waals surface area contributed by atoms with Crippen LogP contribution in [0.25, 0.3) is 0 Å². The molecule has 0 aliphatic rings. The standard InChI is InChI=1S/C10H13ClFN3O/c11-9-5-8(12)2-1-7(9)6-14-3-4-15-10(13)16/h1-2,5,14H,3-4,6H2,(H3,13,15,16). The first-order chi connectivity index (χ1) is 7.59. The second kappa shape index (κ2) is 6.30. The van der Waals surface area contributed by atoms with Crippen LogP contribution in [-0.4, -0.2) is 19.1 Å². The number of amides is 2. The Morgan fingerprint density at radius 3 is 2.81 bits per heavy atom. The molecule has 0 aromatic heterocycles. The van der Waals surface area contributed by atoms with E-state index in [0.29, 0.717) is 24.7 Å². The molecule has 1 rings (SSSR count). The zero-order valence-corrected chi connectivity index (χ0v) is 9.35. The van der Waals surface area contributed by atoms with Crippen molar-refractivity contribution in [3.05, 3.63) is 34.6 Å². The summed E-state index contributed by atoms with van der Waals surface area (Å²) in [4.78, 5) is 10.3. The van der Waals surface area contributed by atoms with Crippen LogP contribution in [-0.2, 0) is 6.54 Å². The Morgan fingerprint density at radius 1 is 1.44 bits per heavy atom. The molecule has 2 amide bonds. The first kappa shape index (κ1) is 12.7. The number of nitrogens with one attached hydrogen (secondary N) is 2. The number of primary amides is 1. The van der Waals surface area contributed by atoms with Gasteiger partial charge in [-0.2, -0.15) is 0 Å². The molecule has 1 aromatic carbocycles. The van der Waals surface area contributed by atoms with Gasteiger partial charge in [0.25, 0.3) is 0 Å². The molecule has 0 radical (unpaired) electrons. The molecular formula is C10H13ClFN3O. The number of rotatable bonds is 5. The monoisotopic (exact) mass is 245 g/mol. The second-order valence-electron chi connectivity index (χ2n) is 3.20. The van der Waals surface area contributed by atoms with Crippen LogP contribution in [0.5, 0.6) is 0 Å². The van der Waals surface area contributed by atoms with E-state index in [9.17, 15) is 9.18 Å². The van der Waals surface area contributed by atoms with Crippen molar-refractivity contribution >= 4 is 17.6 Å². The maximum absolute atomic E-state index is 12.7. The Morgan fingerprint density at radius 2 is 2.19 bits per heavy atom. The third kappa shape index (κ3) is 4.46. The van der Waals surface area contributed by atoms with E-state index in [2.05, 4.69) is 10.6 Å². The van der Waals surface area contributed by atoms with Gasteiger partial charge >= 0.3 is 6.03 Å². The van der Waals surface area contributed by atoms with Gasteiger partial charge in [-0.05, 0) is 17.7 Å². The summed E-state index contributed by atoms with van der Waals surface area (Å²) in [5.74, 6) is -0.357. The van der Waals surface area contributed by atoms with Gasteiger partial charge < -0.3 is 16.4 Å². The number of urea groups is 1. The van der Waals surface area contributed by atoms with E-state index in [1.54, 1.807) is 6.07 Å². The van der Waals surface area contributed by atoms with Gasteiger partial charge in [-0.1, -0.05) is 17.7 Å².